The van der Waals surface area contributed by atoms with E-state index in [9.17, 15) is 43.5 Å². The quantitative estimate of drug-likeness (QED) is 0.0277. The molecule has 0 saturated carbocycles. The number of unbranched alkanes of at least 4 members (excludes halogenated alkanes) is 1. The third-order valence-electron chi connectivity index (χ3n) is 11.5. The number of aromatic amines is 1. The summed E-state index contributed by atoms with van der Waals surface area (Å²) in [5.74, 6) is -6.15. The Bertz CT molecular complexity index is 2040. The van der Waals surface area contributed by atoms with Gasteiger partial charge in [-0.25, -0.2) is 4.79 Å². The molecule has 1 aliphatic heterocycles. The fourth-order valence-corrected chi connectivity index (χ4v) is 7.76. The number of carboxylic acids is 1. The van der Waals surface area contributed by atoms with E-state index in [1.165, 1.54) is 13.8 Å². The summed E-state index contributed by atoms with van der Waals surface area (Å²) < 4.78 is 0. The van der Waals surface area contributed by atoms with Gasteiger partial charge in [0.05, 0.1) is 6.04 Å². The lowest BCUT2D eigenvalue weighted by molar-refractivity contribution is -0.142. The van der Waals surface area contributed by atoms with Crippen LogP contribution >= 0.6 is 0 Å². The Balaban J connectivity index is 1.81. The number of hydrogen-bond donors (Lipinski definition) is 14. The Labute approximate surface area is 398 Å². The molecule has 1 saturated heterocycles. The standard InChI is InChI=1S/C46H75N13O9/c1-25(2)21-35(58-40(62)32-16-11-19-50-32)42(64)53-28(6)39(61)57-36(22-26(3)4)44(66)59-37(23-29-24-52-31-14-8-7-13-30(29)31)43(65)54-27(5)38(60)55-33(17-12-20-51-46(48)49)41(63)56-34(45(67)68)15-9-10-18-47/h7-8,13-14,24-28,32-37,50,52H,9-12,15-23,47H2,1-6H3,(H,53,64)(H,54,65)(H,55,60)(H,56,63)(H,57,61)(H,58,62)(H,59,66)(H,67,68)(H4,48,49,51)/t27-,28-,32-,33-,34-,35-,36-,37-/m0/s1. The Kier molecular flexibility index (Phi) is 23.2. The van der Waals surface area contributed by atoms with E-state index >= 15 is 0 Å². The number of H-pyrrole nitrogens is 1. The SMILES string of the molecule is CC(C)C[C@H](NC(=O)[C@H](C)NC(=O)[C@H](CC(C)C)NC(=O)[C@@H]1CCCN1)C(=O)N[C@@H](Cc1c[nH]c2ccccc12)C(=O)N[C@@H](C)C(=O)N[C@@H](CCCNC(=N)N)C(=O)N[C@@H](CCCCN)C(=O)O. The largest absolute Gasteiger partial charge is 0.480 e. The van der Waals surface area contributed by atoms with E-state index in [1.807, 2.05) is 52.0 Å². The molecule has 0 spiro atoms. The highest BCUT2D eigenvalue weighted by atomic mass is 16.4. The monoisotopic (exact) mass is 954 g/mol. The van der Waals surface area contributed by atoms with Gasteiger partial charge in [-0.2, -0.15) is 0 Å². The maximum atomic E-state index is 14.2. The number of benzene rings is 1. The van der Waals surface area contributed by atoms with Crippen LogP contribution in [0.2, 0.25) is 0 Å². The second-order valence-corrected chi connectivity index (χ2v) is 18.3. The zero-order chi connectivity index (χ0) is 50.5. The van der Waals surface area contributed by atoms with Crippen molar-refractivity contribution < 1.29 is 43.5 Å². The van der Waals surface area contributed by atoms with Crippen LogP contribution in [0.25, 0.3) is 10.9 Å². The first-order chi connectivity index (χ1) is 32.2. The van der Waals surface area contributed by atoms with Crippen LogP contribution in [0.1, 0.15) is 105 Å². The highest BCUT2D eigenvalue weighted by Crippen LogP contribution is 2.20. The average molecular weight is 954 g/mol. The summed E-state index contributed by atoms with van der Waals surface area (Å²) in [5.41, 5.74) is 12.4. The highest BCUT2D eigenvalue weighted by molar-refractivity contribution is 5.98. The number of carbonyl (C=O) groups is 8. The maximum Gasteiger partial charge on any atom is 0.326 e. The number of carboxylic acid groups (broad SMARTS) is 1. The number of rotatable bonds is 29. The van der Waals surface area contributed by atoms with E-state index in [0.717, 1.165) is 17.3 Å². The summed E-state index contributed by atoms with van der Waals surface area (Å²) in [5, 5.41) is 42.5. The molecule has 2 aromatic rings. The predicted molar refractivity (Wildman–Crippen MR) is 256 cm³/mol. The Morgan fingerprint density at radius 1 is 0.691 bits per heavy atom. The Morgan fingerprint density at radius 3 is 1.79 bits per heavy atom. The second-order valence-electron chi connectivity index (χ2n) is 18.3. The van der Waals surface area contributed by atoms with Crippen molar-refractivity contribution in [2.45, 2.75) is 154 Å². The summed E-state index contributed by atoms with van der Waals surface area (Å²) in [6.45, 7) is 11.6. The first-order valence-corrected chi connectivity index (χ1v) is 23.6. The van der Waals surface area contributed by atoms with E-state index in [2.05, 4.69) is 52.8 Å². The molecule has 2 heterocycles. The van der Waals surface area contributed by atoms with Gasteiger partial charge in [0.15, 0.2) is 5.96 Å². The van der Waals surface area contributed by atoms with Crippen molar-refractivity contribution in [2.75, 3.05) is 19.6 Å². The molecule has 1 fully saturated rings. The number of para-hydroxylation sites is 1. The van der Waals surface area contributed by atoms with Crippen molar-refractivity contribution in [3.8, 4) is 0 Å². The third kappa shape index (κ3) is 18.8. The lowest BCUT2D eigenvalue weighted by Gasteiger charge is -2.27. The van der Waals surface area contributed by atoms with Crippen LogP contribution in [0.3, 0.4) is 0 Å². The van der Waals surface area contributed by atoms with Gasteiger partial charge in [0.2, 0.25) is 41.4 Å². The van der Waals surface area contributed by atoms with Gasteiger partial charge in [-0.3, -0.25) is 39.0 Å². The lowest BCUT2D eigenvalue weighted by atomic mass is 10.00. The van der Waals surface area contributed by atoms with E-state index < -0.39 is 89.7 Å². The summed E-state index contributed by atoms with van der Waals surface area (Å²) in [7, 11) is 0. The van der Waals surface area contributed by atoms with Crippen molar-refractivity contribution in [1.82, 2.24) is 52.8 Å². The molecule has 378 valence electrons. The summed E-state index contributed by atoms with van der Waals surface area (Å²) in [6.07, 6.45) is 4.99. The molecule has 68 heavy (non-hydrogen) atoms. The average Bonchev–Trinajstić information content (AvgIpc) is 3.97. The minimum atomic E-state index is -1.29. The van der Waals surface area contributed by atoms with Crippen molar-refractivity contribution >= 4 is 64.2 Å². The number of nitrogens with two attached hydrogens (primary N) is 2. The molecule has 16 N–H and O–H groups in total. The van der Waals surface area contributed by atoms with Gasteiger partial charge in [-0.1, -0.05) is 45.9 Å². The second kappa shape index (κ2) is 28.1. The van der Waals surface area contributed by atoms with E-state index in [4.69, 9.17) is 16.9 Å². The minimum Gasteiger partial charge on any atom is -0.480 e. The van der Waals surface area contributed by atoms with Gasteiger partial charge in [-0.15, -0.1) is 0 Å². The van der Waals surface area contributed by atoms with Gasteiger partial charge in [-0.05, 0) is 108 Å². The van der Waals surface area contributed by atoms with Crippen molar-refractivity contribution in [1.29, 1.82) is 5.41 Å². The van der Waals surface area contributed by atoms with Gasteiger partial charge >= 0.3 is 5.97 Å². The first kappa shape index (κ1) is 56.0. The molecule has 22 nitrogen and oxygen atoms in total. The van der Waals surface area contributed by atoms with Gasteiger partial charge in [0.1, 0.15) is 42.3 Å². The number of carbonyl (C=O) groups excluding carboxylic acids is 7. The number of hydrogen-bond acceptors (Lipinski definition) is 11. The van der Waals surface area contributed by atoms with Crippen LogP contribution in [0.4, 0.5) is 0 Å². The fraction of sp³-hybridized carbons (Fsp3) is 0.630. The molecule has 3 rings (SSSR count). The summed E-state index contributed by atoms with van der Waals surface area (Å²) in [4.78, 5) is 111. The first-order valence-electron chi connectivity index (χ1n) is 23.6. The number of nitrogens with one attached hydrogen (secondary N) is 11. The number of guanidine groups is 1. The van der Waals surface area contributed by atoms with Gasteiger partial charge in [0.25, 0.3) is 0 Å². The molecular weight excluding hydrogens is 879 g/mol. The summed E-state index contributed by atoms with van der Waals surface area (Å²) in [6, 6.07) is -1.30. The number of fused-ring (bicyclic) bond motifs is 1. The van der Waals surface area contributed by atoms with E-state index in [1.54, 1.807) is 6.20 Å². The molecule has 1 aliphatic rings. The zero-order valence-electron chi connectivity index (χ0n) is 40.2. The van der Waals surface area contributed by atoms with Crippen molar-refractivity contribution in [3.63, 3.8) is 0 Å². The van der Waals surface area contributed by atoms with Crippen LogP contribution in [-0.4, -0.2) is 131 Å². The van der Waals surface area contributed by atoms with Crippen LogP contribution in [0.15, 0.2) is 30.5 Å². The maximum absolute atomic E-state index is 14.2. The van der Waals surface area contributed by atoms with Crippen molar-refractivity contribution in [3.05, 3.63) is 36.0 Å². The molecular formula is C46H75N13O9. The molecule has 0 aliphatic carbocycles. The lowest BCUT2D eigenvalue weighted by Crippen LogP contribution is -2.60. The van der Waals surface area contributed by atoms with Crippen molar-refractivity contribution in [2.24, 2.45) is 23.3 Å². The molecule has 0 bridgehead atoms. The fourth-order valence-electron chi connectivity index (χ4n) is 7.76. The third-order valence-corrected chi connectivity index (χ3v) is 11.5. The zero-order valence-corrected chi connectivity index (χ0v) is 40.2. The molecule has 0 radical (unpaired) electrons. The molecule has 8 atom stereocenters. The van der Waals surface area contributed by atoms with Crippen LogP contribution in [0, 0.1) is 17.2 Å². The predicted octanol–water partition coefficient (Wildman–Crippen LogP) is -0.535. The van der Waals surface area contributed by atoms with Crippen LogP contribution in [0.5, 0.6) is 0 Å². The van der Waals surface area contributed by atoms with Gasteiger partial charge < -0.3 is 69.4 Å². The Hall–Kier alpha value is -6.29. The number of aliphatic carboxylic acids is 1. The topological polar surface area (TPSA) is 357 Å². The molecule has 0 unspecified atom stereocenters. The smallest absolute Gasteiger partial charge is 0.326 e. The Morgan fingerprint density at radius 2 is 1.22 bits per heavy atom. The molecule has 1 aromatic heterocycles. The normalized spacial score (nSPS) is 16.6. The van der Waals surface area contributed by atoms with Crippen LogP contribution < -0.4 is 59.3 Å². The van der Waals surface area contributed by atoms with E-state index in [0.29, 0.717) is 44.3 Å². The summed E-state index contributed by atoms with van der Waals surface area (Å²) >= 11 is 0. The molecule has 1 aromatic carbocycles. The number of amides is 7. The highest BCUT2D eigenvalue weighted by Gasteiger charge is 2.34. The molecule has 7 amide bonds. The van der Waals surface area contributed by atoms with Crippen LogP contribution in [-0.2, 0) is 44.8 Å². The minimum absolute atomic E-state index is 0.0192. The van der Waals surface area contributed by atoms with Gasteiger partial charge in [0, 0.05) is 30.1 Å². The molecule has 22 heteroatoms. The number of aromatic nitrogens is 1. The van der Waals surface area contributed by atoms with E-state index in [-0.39, 0.29) is 62.4 Å².